The molecule has 21 heavy (non-hydrogen) atoms. The molecule has 6 heteroatoms. The number of benzene rings is 1. The predicted molar refractivity (Wildman–Crippen MR) is 73.9 cm³/mol. The molecule has 0 saturated carbocycles. The Bertz CT molecular complexity index is 615. The van der Waals surface area contributed by atoms with E-state index in [1.807, 2.05) is 0 Å². The molecule has 0 aromatic heterocycles. The van der Waals surface area contributed by atoms with Gasteiger partial charge in [0.15, 0.2) is 0 Å². The highest BCUT2D eigenvalue weighted by Crippen LogP contribution is 2.27. The van der Waals surface area contributed by atoms with Crippen molar-refractivity contribution in [1.29, 1.82) is 0 Å². The zero-order valence-electron chi connectivity index (χ0n) is 12.2. The quantitative estimate of drug-likeness (QED) is 0.667. The van der Waals surface area contributed by atoms with Gasteiger partial charge >= 0.3 is 12.1 Å². The summed E-state index contributed by atoms with van der Waals surface area (Å²) < 4.78 is 5.29. The molecule has 1 aliphatic rings. The molecule has 112 valence electrons. The second-order valence-corrected chi connectivity index (χ2v) is 5.91. The maximum absolute atomic E-state index is 12.0. The van der Waals surface area contributed by atoms with E-state index < -0.39 is 23.4 Å². The van der Waals surface area contributed by atoms with Gasteiger partial charge in [-0.25, -0.2) is 9.59 Å². The molecule has 1 N–H and O–H groups in total. The number of Topliss-reactive ketones (excluding diaryl/α,β-unsaturated/α-hetero) is 1. The Morgan fingerprint density at radius 3 is 2.43 bits per heavy atom. The summed E-state index contributed by atoms with van der Waals surface area (Å²) in [6.07, 6.45) is -0.479. The van der Waals surface area contributed by atoms with Gasteiger partial charge < -0.3 is 9.84 Å². The number of carbonyl (C=O) groups is 3. The zero-order valence-corrected chi connectivity index (χ0v) is 12.2. The van der Waals surface area contributed by atoms with Crippen LogP contribution in [0, 0.1) is 0 Å². The Hall–Kier alpha value is -2.37. The minimum absolute atomic E-state index is 0.131. The van der Waals surface area contributed by atoms with Gasteiger partial charge in [0.1, 0.15) is 5.60 Å². The molecule has 0 aliphatic carbocycles. The normalized spacial score (nSPS) is 13.8. The Kier molecular flexibility index (Phi) is 3.72. The zero-order chi connectivity index (χ0) is 15.8. The number of carbonyl (C=O) groups excluding carboxylic acids is 2. The Morgan fingerprint density at radius 1 is 1.19 bits per heavy atom. The summed E-state index contributed by atoms with van der Waals surface area (Å²) in [5.41, 5.74) is 0.876. The molecule has 0 fully saturated rings. The maximum atomic E-state index is 12.0. The number of ketones is 1. The minimum atomic E-state index is -1.50. The van der Waals surface area contributed by atoms with E-state index in [4.69, 9.17) is 9.84 Å². The SMILES string of the molecule is CC(C)(C)OC(=O)N1Cc2cccc(C(=O)C(=O)O)c2C1. The van der Waals surface area contributed by atoms with Crippen LogP contribution < -0.4 is 0 Å². The number of aliphatic carboxylic acids is 1. The third-order valence-corrected chi connectivity index (χ3v) is 3.07. The van der Waals surface area contributed by atoms with Gasteiger partial charge in [-0.15, -0.1) is 0 Å². The minimum Gasteiger partial charge on any atom is -0.475 e. The van der Waals surface area contributed by atoms with E-state index in [9.17, 15) is 14.4 Å². The van der Waals surface area contributed by atoms with Crippen LogP contribution in [-0.2, 0) is 22.6 Å². The number of rotatable bonds is 2. The number of carboxylic acid groups (broad SMARTS) is 1. The van der Waals surface area contributed by atoms with Gasteiger partial charge in [-0.3, -0.25) is 9.69 Å². The molecule has 1 aliphatic heterocycles. The molecule has 1 amide bonds. The maximum Gasteiger partial charge on any atom is 0.410 e. The van der Waals surface area contributed by atoms with E-state index in [2.05, 4.69) is 0 Å². The Balaban J connectivity index is 2.23. The lowest BCUT2D eigenvalue weighted by molar-refractivity contribution is -0.131. The number of amides is 1. The second kappa shape index (κ2) is 5.20. The first-order chi connectivity index (χ1) is 9.69. The van der Waals surface area contributed by atoms with E-state index in [0.29, 0.717) is 12.1 Å². The summed E-state index contributed by atoms with van der Waals surface area (Å²) in [6, 6.07) is 4.86. The van der Waals surface area contributed by atoms with E-state index in [1.165, 1.54) is 11.0 Å². The molecule has 1 heterocycles. The van der Waals surface area contributed by atoms with E-state index >= 15 is 0 Å². The van der Waals surface area contributed by atoms with Crippen LogP contribution in [0.3, 0.4) is 0 Å². The third kappa shape index (κ3) is 3.21. The monoisotopic (exact) mass is 291 g/mol. The van der Waals surface area contributed by atoms with Gasteiger partial charge in [0.25, 0.3) is 5.78 Å². The summed E-state index contributed by atoms with van der Waals surface area (Å²) in [7, 11) is 0. The fourth-order valence-corrected chi connectivity index (χ4v) is 2.21. The van der Waals surface area contributed by atoms with Crippen LogP contribution in [0.1, 0.15) is 42.3 Å². The van der Waals surface area contributed by atoms with Crippen molar-refractivity contribution >= 4 is 17.8 Å². The van der Waals surface area contributed by atoms with Crippen LogP contribution in [0.5, 0.6) is 0 Å². The Labute approximate surface area is 122 Å². The first-order valence-electron chi connectivity index (χ1n) is 6.55. The fourth-order valence-electron chi connectivity index (χ4n) is 2.21. The smallest absolute Gasteiger partial charge is 0.410 e. The van der Waals surface area contributed by atoms with Crippen LogP contribution >= 0.6 is 0 Å². The molecule has 0 spiro atoms. The highest BCUT2D eigenvalue weighted by atomic mass is 16.6. The highest BCUT2D eigenvalue weighted by Gasteiger charge is 2.31. The highest BCUT2D eigenvalue weighted by molar-refractivity contribution is 6.40. The van der Waals surface area contributed by atoms with Gasteiger partial charge in [0, 0.05) is 12.1 Å². The van der Waals surface area contributed by atoms with Crippen molar-refractivity contribution in [2.24, 2.45) is 0 Å². The lowest BCUT2D eigenvalue weighted by atomic mass is 10.0. The Morgan fingerprint density at radius 2 is 1.86 bits per heavy atom. The van der Waals surface area contributed by atoms with Crippen molar-refractivity contribution in [3.8, 4) is 0 Å². The molecule has 1 aromatic rings. The molecule has 0 bridgehead atoms. The lowest BCUT2D eigenvalue weighted by Crippen LogP contribution is -2.33. The topological polar surface area (TPSA) is 83.9 Å². The lowest BCUT2D eigenvalue weighted by Gasteiger charge is -2.24. The predicted octanol–water partition coefficient (Wildman–Crippen LogP) is 2.20. The molecular weight excluding hydrogens is 274 g/mol. The summed E-state index contributed by atoms with van der Waals surface area (Å²) in [5.74, 6) is -2.46. The molecule has 6 nitrogen and oxygen atoms in total. The van der Waals surface area contributed by atoms with E-state index in [1.54, 1.807) is 32.9 Å². The van der Waals surface area contributed by atoms with Crippen LogP contribution in [0.4, 0.5) is 4.79 Å². The first-order valence-corrected chi connectivity index (χ1v) is 6.55. The van der Waals surface area contributed by atoms with Crippen molar-refractivity contribution in [3.05, 3.63) is 34.9 Å². The summed E-state index contributed by atoms with van der Waals surface area (Å²) in [4.78, 5) is 36.0. The number of hydrogen-bond acceptors (Lipinski definition) is 4. The second-order valence-electron chi connectivity index (χ2n) is 5.91. The van der Waals surface area contributed by atoms with E-state index in [-0.39, 0.29) is 12.1 Å². The van der Waals surface area contributed by atoms with Crippen molar-refractivity contribution in [2.45, 2.75) is 39.5 Å². The summed E-state index contributed by atoms with van der Waals surface area (Å²) in [6.45, 7) is 5.80. The van der Waals surface area contributed by atoms with Crippen molar-refractivity contribution in [1.82, 2.24) is 4.90 Å². The number of carboxylic acids is 1. The standard InChI is InChI=1S/C15H17NO5/c1-15(2,3)21-14(20)16-7-9-5-4-6-10(11(9)8-16)12(17)13(18)19/h4-6H,7-8H2,1-3H3,(H,18,19). The fraction of sp³-hybridized carbons (Fsp3) is 0.400. The average Bonchev–Trinajstić information content (AvgIpc) is 2.79. The number of fused-ring (bicyclic) bond motifs is 1. The summed E-state index contributed by atoms with van der Waals surface area (Å²) >= 11 is 0. The number of ether oxygens (including phenoxy) is 1. The average molecular weight is 291 g/mol. The summed E-state index contributed by atoms with van der Waals surface area (Å²) in [5, 5.41) is 8.84. The van der Waals surface area contributed by atoms with E-state index in [0.717, 1.165) is 5.56 Å². The largest absolute Gasteiger partial charge is 0.475 e. The van der Waals surface area contributed by atoms with Crippen LogP contribution in [-0.4, -0.2) is 33.5 Å². The third-order valence-electron chi connectivity index (χ3n) is 3.07. The molecule has 0 atom stereocenters. The number of nitrogens with zero attached hydrogens (tertiary/aromatic N) is 1. The van der Waals surface area contributed by atoms with Crippen LogP contribution in [0.2, 0.25) is 0 Å². The molecular formula is C15H17NO5. The van der Waals surface area contributed by atoms with Gasteiger partial charge in [-0.1, -0.05) is 18.2 Å². The molecule has 0 saturated heterocycles. The first kappa shape index (κ1) is 15.0. The van der Waals surface area contributed by atoms with Crippen LogP contribution in [0.15, 0.2) is 18.2 Å². The van der Waals surface area contributed by atoms with Gasteiger partial charge in [0.2, 0.25) is 0 Å². The molecule has 2 rings (SSSR count). The molecule has 0 radical (unpaired) electrons. The number of hydrogen-bond donors (Lipinski definition) is 1. The van der Waals surface area contributed by atoms with Gasteiger partial charge in [-0.2, -0.15) is 0 Å². The van der Waals surface area contributed by atoms with Gasteiger partial charge in [0.05, 0.1) is 6.54 Å². The van der Waals surface area contributed by atoms with Gasteiger partial charge in [-0.05, 0) is 31.9 Å². The van der Waals surface area contributed by atoms with Crippen molar-refractivity contribution in [2.75, 3.05) is 0 Å². The van der Waals surface area contributed by atoms with Crippen molar-refractivity contribution in [3.63, 3.8) is 0 Å². The van der Waals surface area contributed by atoms with Crippen molar-refractivity contribution < 1.29 is 24.2 Å². The van der Waals surface area contributed by atoms with Crippen LogP contribution in [0.25, 0.3) is 0 Å². The molecule has 1 aromatic carbocycles. The molecule has 0 unspecified atom stereocenters.